The number of nitrogens with two attached hydrogens (primary N) is 1. The summed E-state index contributed by atoms with van der Waals surface area (Å²) in [7, 11) is 0. The van der Waals surface area contributed by atoms with Gasteiger partial charge in [-0.15, -0.1) is 11.3 Å². The van der Waals surface area contributed by atoms with Crippen molar-refractivity contribution in [3.8, 4) is 23.2 Å². The van der Waals surface area contributed by atoms with Crippen LogP contribution in [0.4, 0.5) is 28.8 Å². The van der Waals surface area contributed by atoms with Gasteiger partial charge in [-0.1, -0.05) is 17.7 Å². The number of anilines is 2. The van der Waals surface area contributed by atoms with Gasteiger partial charge in [0, 0.05) is 55.1 Å². The summed E-state index contributed by atoms with van der Waals surface area (Å²) in [5, 5.41) is 10.5. The summed E-state index contributed by atoms with van der Waals surface area (Å²) in [4.78, 5) is 33.1. The van der Waals surface area contributed by atoms with Crippen molar-refractivity contribution in [2.45, 2.75) is 56.3 Å². The zero-order valence-corrected chi connectivity index (χ0v) is 29.7. The Balaban J connectivity index is 1.15. The molecule has 0 saturated carbocycles. The van der Waals surface area contributed by atoms with E-state index in [1.807, 2.05) is 22.8 Å². The van der Waals surface area contributed by atoms with Gasteiger partial charge in [0.05, 0.1) is 32.1 Å². The van der Waals surface area contributed by atoms with E-state index in [-0.39, 0.29) is 61.0 Å². The van der Waals surface area contributed by atoms with E-state index in [0.717, 1.165) is 42.8 Å². The molecule has 52 heavy (non-hydrogen) atoms. The Kier molecular flexibility index (Phi) is 7.62. The number of hydrogen-bond donors (Lipinski definition) is 1. The van der Waals surface area contributed by atoms with Crippen LogP contribution in [0.3, 0.4) is 0 Å². The fourth-order valence-electron chi connectivity index (χ4n) is 8.83. The summed E-state index contributed by atoms with van der Waals surface area (Å²) >= 11 is 7.81. The van der Waals surface area contributed by atoms with Crippen LogP contribution in [0, 0.1) is 29.9 Å². The molecular formula is C36H33ClF3N9O2S. The van der Waals surface area contributed by atoms with E-state index in [1.165, 1.54) is 23.0 Å². The molecule has 4 saturated heterocycles. The number of nitrogens with zero attached hydrogens (tertiary/aromatic N) is 8. The van der Waals surface area contributed by atoms with E-state index in [9.17, 15) is 18.8 Å². The van der Waals surface area contributed by atoms with Crippen LogP contribution in [-0.2, 0) is 0 Å². The lowest BCUT2D eigenvalue weighted by atomic mass is 9.84. The average Bonchev–Trinajstić information content (AvgIpc) is 3.93. The predicted octanol–water partition coefficient (Wildman–Crippen LogP) is 6.68. The quantitative estimate of drug-likeness (QED) is 0.209. The van der Waals surface area contributed by atoms with Crippen LogP contribution in [0.15, 0.2) is 30.7 Å². The number of alkyl halides is 1. The molecule has 11 nitrogen and oxygen atoms in total. The number of hydrogen-bond acceptors (Lipinski definition) is 10. The number of rotatable bonds is 5. The molecule has 4 fully saturated rings. The van der Waals surface area contributed by atoms with Gasteiger partial charge < -0.3 is 20.3 Å². The van der Waals surface area contributed by atoms with E-state index in [4.69, 9.17) is 27.1 Å². The van der Waals surface area contributed by atoms with Crippen molar-refractivity contribution >= 4 is 60.8 Å². The highest BCUT2D eigenvalue weighted by atomic mass is 35.5. The number of ether oxygens (including phenoxy) is 1. The maximum absolute atomic E-state index is 17.2. The molecule has 1 amide bonds. The number of carbonyl (C=O) groups excluding carboxylic acids is 1. The van der Waals surface area contributed by atoms with E-state index in [1.54, 1.807) is 12.3 Å². The maximum atomic E-state index is 17.2. The number of halogens is 4. The summed E-state index contributed by atoms with van der Waals surface area (Å²) in [6, 6.07) is 5.95. The van der Waals surface area contributed by atoms with Gasteiger partial charge in [-0.3, -0.25) is 9.47 Å². The van der Waals surface area contributed by atoms with Crippen molar-refractivity contribution in [3.05, 3.63) is 58.6 Å². The highest BCUT2D eigenvalue weighted by Gasteiger charge is 2.53. The second-order valence-corrected chi connectivity index (χ2v) is 15.9. The molecule has 3 atom stereocenters. The molecule has 268 valence electrons. The molecule has 16 heteroatoms. The summed E-state index contributed by atoms with van der Waals surface area (Å²) in [5.74, 6) is -1.00. The molecular weight excluding hydrogens is 715 g/mol. The van der Waals surface area contributed by atoms with E-state index in [2.05, 4.69) is 14.9 Å². The van der Waals surface area contributed by atoms with Crippen molar-refractivity contribution in [3.63, 3.8) is 0 Å². The molecule has 0 aliphatic carbocycles. The molecule has 4 aliphatic heterocycles. The van der Waals surface area contributed by atoms with Gasteiger partial charge in [-0.25, -0.2) is 22.9 Å². The third-order valence-electron chi connectivity index (χ3n) is 11.4. The number of amides is 1. The fourth-order valence-corrected chi connectivity index (χ4v) is 10.1. The number of benzene rings is 2. The Hall–Kier alpha value is -4.65. The maximum Gasteiger partial charge on any atom is 0.329 e. The number of likely N-dealkylation sites (tertiary alicyclic amines) is 1. The first-order chi connectivity index (χ1) is 25.0. The number of fused-ring (bicyclic) bond motifs is 3. The van der Waals surface area contributed by atoms with Gasteiger partial charge >= 0.3 is 12.0 Å². The Morgan fingerprint density at radius 2 is 2.04 bits per heavy atom. The molecule has 0 bridgehead atoms. The van der Waals surface area contributed by atoms with Gasteiger partial charge in [0.15, 0.2) is 5.82 Å². The molecule has 0 unspecified atom stereocenters. The third-order valence-corrected chi connectivity index (χ3v) is 12.8. The molecule has 1 spiro atoms. The number of nitrogen functional groups attached to an aromatic ring is 1. The molecule has 3 aromatic heterocycles. The lowest BCUT2D eigenvalue weighted by Gasteiger charge is -2.50. The van der Waals surface area contributed by atoms with Crippen LogP contribution in [0.1, 0.15) is 43.4 Å². The van der Waals surface area contributed by atoms with Gasteiger partial charge in [0.25, 0.3) is 0 Å². The summed E-state index contributed by atoms with van der Waals surface area (Å²) in [6.45, 7) is 4.61. The minimum atomic E-state index is -0.962. The van der Waals surface area contributed by atoms with Crippen molar-refractivity contribution in [2.75, 3.05) is 50.0 Å². The van der Waals surface area contributed by atoms with Crippen LogP contribution in [0.5, 0.6) is 6.01 Å². The highest BCUT2D eigenvalue weighted by molar-refractivity contribution is 7.23. The van der Waals surface area contributed by atoms with E-state index in [0.29, 0.717) is 50.2 Å². The second kappa shape index (κ2) is 11.9. The lowest BCUT2D eigenvalue weighted by molar-refractivity contribution is 0.0414. The summed E-state index contributed by atoms with van der Waals surface area (Å²) < 4.78 is 54.6. The normalized spacial score (nSPS) is 24.3. The SMILES string of the molecule is Cc1cn(C(=O)N2CC[C@@]23CCN(c2nc(OC[C@@]45CCCN4C[C@H](F)C5)nc4c(F)c(-c5ccc(F)c6sc(N)c(C#N)c56)c(Cl)cc24)C3)cn1. The van der Waals surface area contributed by atoms with Crippen molar-refractivity contribution in [2.24, 2.45) is 0 Å². The lowest BCUT2D eigenvalue weighted by Crippen LogP contribution is -2.64. The number of nitriles is 1. The van der Waals surface area contributed by atoms with Crippen molar-refractivity contribution in [1.29, 1.82) is 5.26 Å². The number of imidazole rings is 1. The van der Waals surface area contributed by atoms with Gasteiger partial charge in [-0.2, -0.15) is 15.2 Å². The highest BCUT2D eigenvalue weighted by Crippen LogP contribution is 2.48. The van der Waals surface area contributed by atoms with Crippen LogP contribution < -0.4 is 15.4 Å². The summed E-state index contributed by atoms with van der Waals surface area (Å²) in [5.41, 5.74) is 5.96. The second-order valence-electron chi connectivity index (χ2n) is 14.4. The Morgan fingerprint density at radius 1 is 1.21 bits per heavy atom. The standard InChI is InChI=1S/C36H33ClF3N9O2S/c1-19-14-47(18-43-19)34(50)49-10-7-35(49)6-9-46(16-35)32-22-11-24(37)27(21-3-4-25(39)30-26(21)23(13-41)31(42)52-30)28(40)29(22)44-33(45-32)51-17-36-5-2-8-48(36)15-20(38)12-36/h3-4,11,14,18,20H,2,5-10,12,15-17,42H2,1H3/t20-,35-,36+/m1/s1. The first-order valence-electron chi connectivity index (χ1n) is 17.2. The van der Waals surface area contributed by atoms with Gasteiger partial charge in [-0.05, 0) is 56.8 Å². The van der Waals surface area contributed by atoms with Crippen LogP contribution in [0.25, 0.3) is 32.1 Å². The smallest absolute Gasteiger partial charge is 0.329 e. The topological polar surface area (TPSA) is 129 Å². The Morgan fingerprint density at radius 3 is 2.79 bits per heavy atom. The largest absolute Gasteiger partial charge is 0.461 e. The Labute approximate surface area is 305 Å². The summed E-state index contributed by atoms with van der Waals surface area (Å²) in [6.07, 6.45) is 5.71. The number of aromatic nitrogens is 4. The minimum absolute atomic E-state index is 0.00959. The van der Waals surface area contributed by atoms with E-state index < -0.39 is 28.9 Å². The van der Waals surface area contributed by atoms with Gasteiger partial charge in [0.1, 0.15) is 47.3 Å². The number of carbonyl (C=O) groups is 1. The van der Waals surface area contributed by atoms with Gasteiger partial charge in [0.2, 0.25) is 0 Å². The van der Waals surface area contributed by atoms with Crippen molar-refractivity contribution in [1.82, 2.24) is 29.3 Å². The van der Waals surface area contributed by atoms with Crippen molar-refractivity contribution < 1.29 is 22.7 Å². The molecule has 5 aromatic rings. The first-order valence-corrected chi connectivity index (χ1v) is 18.4. The average molecular weight is 748 g/mol. The molecule has 4 aliphatic rings. The number of aryl methyl sites for hydroxylation is 1. The molecule has 2 N–H and O–H groups in total. The fraction of sp³-hybridized carbons (Fsp3) is 0.417. The zero-order valence-electron chi connectivity index (χ0n) is 28.1. The zero-order chi connectivity index (χ0) is 36.1. The first kappa shape index (κ1) is 33.2. The molecule has 0 radical (unpaired) electrons. The van der Waals surface area contributed by atoms with Crippen LogP contribution in [0.2, 0.25) is 5.02 Å². The monoisotopic (exact) mass is 747 g/mol. The molecule has 7 heterocycles. The Bertz CT molecular complexity index is 2360. The third kappa shape index (κ3) is 4.94. The van der Waals surface area contributed by atoms with Crippen LogP contribution in [-0.4, -0.2) is 91.9 Å². The minimum Gasteiger partial charge on any atom is -0.461 e. The predicted molar refractivity (Wildman–Crippen MR) is 192 cm³/mol. The van der Waals surface area contributed by atoms with E-state index >= 15 is 4.39 Å². The molecule has 2 aromatic carbocycles. The number of thiophene rings is 1. The van der Waals surface area contributed by atoms with Crippen LogP contribution >= 0.6 is 22.9 Å². The molecule has 9 rings (SSSR count).